The number of aliphatic hydroxyl groups excluding tert-OH is 1. The Morgan fingerprint density at radius 3 is 2.85 bits per heavy atom. The molecule has 0 spiro atoms. The zero-order valence-corrected chi connectivity index (χ0v) is 8.29. The molecule has 1 saturated heterocycles. The predicted molar refractivity (Wildman–Crippen MR) is 50.3 cm³/mol. The highest BCUT2D eigenvalue weighted by atomic mass is 16.3. The van der Waals surface area contributed by atoms with Crippen LogP contribution in [0.3, 0.4) is 0 Å². The third-order valence-corrected chi connectivity index (χ3v) is 2.18. The molecule has 1 atom stereocenters. The van der Waals surface area contributed by atoms with Gasteiger partial charge in [0.25, 0.3) is 0 Å². The molecule has 1 unspecified atom stereocenters. The Morgan fingerprint density at radius 1 is 1.69 bits per heavy atom. The molecule has 13 heavy (non-hydrogen) atoms. The Labute approximate surface area is 78.9 Å². The van der Waals surface area contributed by atoms with Crippen molar-refractivity contribution in [2.75, 3.05) is 19.6 Å². The van der Waals surface area contributed by atoms with Gasteiger partial charge in [0.1, 0.15) is 0 Å². The zero-order chi connectivity index (χ0) is 9.84. The topological polar surface area (TPSA) is 52.6 Å². The van der Waals surface area contributed by atoms with Gasteiger partial charge in [0.15, 0.2) is 0 Å². The fourth-order valence-corrected chi connectivity index (χ4v) is 1.37. The van der Waals surface area contributed by atoms with Gasteiger partial charge in [-0.1, -0.05) is 13.8 Å². The normalized spacial score (nSPS) is 22.8. The molecule has 4 heteroatoms. The molecule has 0 saturated carbocycles. The van der Waals surface area contributed by atoms with Crippen LogP contribution in [0.15, 0.2) is 0 Å². The van der Waals surface area contributed by atoms with E-state index < -0.39 is 0 Å². The molecule has 0 radical (unpaired) electrons. The summed E-state index contributed by atoms with van der Waals surface area (Å²) >= 11 is 0. The van der Waals surface area contributed by atoms with E-state index in [0.717, 1.165) is 0 Å². The van der Waals surface area contributed by atoms with Gasteiger partial charge in [0.05, 0.1) is 12.6 Å². The van der Waals surface area contributed by atoms with Gasteiger partial charge in [-0.15, -0.1) is 0 Å². The number of rotatable bonds is 3. The van der Waals surface area contributed by atoms with Gasteiger partial charge in [-0.25, -0.2) is 0 Å². The second-order valence-corrected chi connectivity index (χ2v) is 3.82. The summed E-state index contributed by atoms with van der Waals surface area (Å²) in [5, 5.41) is 12.3. The molecule has 1 aliphatic heterocycles. The van der Waals surface area contributed by atoms with Gasteiger partial charge in [0, 0.05) is 19.1 Å². The minimum absolute atomic E-state index is 0.0882. The summed E-state index contributed by atoms with van der Waals surface area (Å²) in [6.45, 7) is 5.58. The molecular formula is C9H18N2O2. The number of nitrogens with zero attached hydrogens (tertiary/aromatic N) is 1. The minimum atomic E-state index is -0.317. The molecule has 0 aliphatic carbocycles. The van der Waals surface area contributed by atoms with Crippen molar-refractivity contribution >= 4 is 5.91 Å². The Bertz CT molecular complexity index is 182. The third-order valence-electron chi connectivity index (χ3n) is 2.18. The lowest BCUT2D eigenvalue weighted by Crippen LogP contribution is -2.39. The van der Waals surface area contributed by atoms with E-state index in [0.29, 0.717) is 32.1 Å². The standard InChI is InChI=1S/C9H18N2O2/c1-7(2)10-5-9(13)11-4-3-8(12)6-11/h7-8,10,12H,3-6H2,1-2H3. The van der Waals surface area contributed by atoms with Gasteiger partial charge < -0.3 is 15.3 Å². The van der Waals surface area contributed by atoms with Crippen LogP contribution in [-0.2, 0) is 4.79 Å². The van der Waals surface area contributed by atoms with Gasteiger partial charge in [-0.3, -0.25) is 4.79 Å². The van der Waals surface area contributed by atoms with E-state index in [1.165, 1.54) is 0 Å². The maximum atomic E-state index is 11.4. The first-order valence-electron chi connectivity index (χ1n) is 4.79. The maximum Gasteiger partial charge on any atom is 0.236 e. The average molecular weight is 186 g/mol. The third kappa shape index (κ3) is 3.32. The minimum Gasteiger partial charge on any atom is -0.391 e. The molecule has 1 rings (SSSR count). The van der Waals surface area contributed by atoms with E-state index in [4.69, 9.17) is 0 Å². The number of hydrogen-bond acceptors (Lipinski definition) is 3. The van der Waals surface area contributed by atoms with Crippen molar-refractivity contribution in [2.45, 2.75) is 32.4 Å². The lowest BCUT2D eigenvalue weighted by molar-refractivity contribution is -0.129. The summed E-state index contributed by atoms with van der Waals surface area (Å²) in [6, 6.07) is 0.330. The molecule has 2 N–H and O–H groups in total. The van der Waals surface area contributed by atoms with E-state index in [2.05, 4.69) is 5.32 Å². The Hall–Kier alpha value is -0.610. The van der Waals surface area contributed by atoms with Crippen molar-refractivity contribution in [2.24, 2.45) is 0 Å². The molecule has 76 valence electrons. The van der Waals surface area contributed by atoms with Crippen LogP contribution in [0.4, 0.5) is 0 Å². The van der Waals surface area contributed by atoms with Crippen LogP contribution in [-0.4, -0.2) is 47.7 Å². The van der Waals surface area contributed by atoms with Crippen molar-refractivity contribution in [3.8, 4) is 0 Å². The molecule has 1 aliphatic rings. The number of nitrogens with one attached hydrogen (secondary N) is 1. The van der Waals surface area contributed by atoms with Crippen molar-refractivity contribution in [3.05, 3.63) is 0 Å². The highest BCUT2D eigenvalue weighted by molar-refractivity contribution is 5.78. The predicted octanol–water partition coefficient (Wildman–Crippen LogP) is -0.422. The van der Waals surface area contributed by atoms with E-state index >= 15 is 0 Å². The molecule has 1 fully saturated rings. The second kappa shape index (κ2) is 4.58. The fourth-order valence-electron chi connectivity index (χ4n) is 1.37. The lowest BCUT2D eigenvalue weighted by Gasteiger charge is -2.16. The number of likely N-dealkylation sites (tertiary alicyclic amines) is 1. The zero-order valence-electron chi connectivity index (χ0n) is 8.29. The van der Waals surface area contributed by atoms with Crippen molar-refractivity contribution in [1.29, 1.82) is 0 Å². The molecule has 0 aromatic heterocycles. The quantitative estimate of drug-likeness (QED) is 0.629. The maximum absolute atomic E-state index is 11.4. The van der Waals surface area contributed by atoms with Gasteiger partial charge >= 0.3 is 0 Å². The summed E-state index contributed by atoms with van der Waals surface area (Å²) in [4.78, 5) is 13.2. The summed E-state index contributed by atoms with van der Waals surface area (Å²) < 4.78 is 0. The van der Waals surface area contributed by atoms with Crippen LogP contribution in [0.1, 0.15) is 20.3 Å². The Balaban J connectivity index is 2.24. The summed E-state index contributed by atoms with van der Waals surface area (Å²) in [5.41, 5.74) is 0. The first kappa shape index (κ1) is 10.5. The number of β-amino-alcohol motifs (C(OH)–C–C–N with tert-alkyl or cyclic N) is 1. The number of hydrogen-bond donors (Lipinski definition) is 2. The first-order chi connectivity index (χ1) is 6.09. The molecule has 4 nitrogen and oxygen atoms in total. The molecular weight excluding hydrogens is 168 g/mol. The number of amides is 1. The largest absolute Gasteiger partial charge is 0.391 e. The van der Waals surface area contributed by atoms with E-state index in [1.54, 1.807) is 4.90 Å². The summed E-state index contributed by atoms with van der Waals surface area (Å²) in [7, 11) is 0. The van der Waals surface area contributed by atoms with Crippen molar-refractivity contribution < 1.29 is 9.90 Å². The highest BCUT2D eigenvalue weighted by Crippen LogP contribution is 2.08. The van der Waals surface area contributed by atoms with Crippen LogP contribution >= 0.6 is 0 Å². The van der Waals surface area contributed by atoms with E-state index in [9.17, 15) is 9.90 Å². The van der Waals surface area contributed by atoms with E-state index in [-0.39, 0.29) is 12.0 Å². The van der Waals surface area contributed by atoms with Gasteiger partial charge in [-0.05, 0) is 6.42 Å². The molecule has 1 amide bonds. The molecule has 1 heterocycles. The van der Waals surface area contributed by atoms with Crippen LogP contribution in [0.2, 0.25) is 0 Å². The number of carbonyl (C=O) groups is 1. The SMILES string of the molecule is CC(C)NCC(=O)N1CCC(O)C1. The van der Waals surface area contributed by atoms with Gasteiger partial charge in [0.2, 0.25) is 5.91 Å². The second-order valence-electron chi connectivity index (χ2n) is 3.82. The van der Waals surface area contributed by atoms with Crippen LogP contribution in [0.5, 0.6) is 0 Å². The monoisotopic (exact) mass is 186 g/mol. The average Bonchev–Trinajstić information content (AvgIpc) is 2.47. The summed E-state index contributed by atoms with van der Waals surface area (Å²) in [6.07, 6.45) is 0.399. The smallest absolute Gasteiger partial charge is 0.236 e. The number of aliphatic hydroxyl groups is 1. The Morgan fingerprint density at radius 2 is 2.38 bits per heavy atom. The van der Waals surface area contributed by atoms with Crippen LogP contribution in [0.25, 0.3) is 0 Å². The Kier molecular flexibility index (Phi) is 3.69. The van der Waals surface area contributed by atoms with Crippen molar-refractivity contribution in [3.63, 3.8) is 0 Å². The van der Waals surface area contributed by atoms with Crippen LogP contribution in [0, 0.1) is 0 Å². The van der Waals surface area contributed by atoms with E-state index in [1.807, 2.05) is 13.8 Å². The molecule has 0 aromatic carbocycles. The lowest BCUT2D eigenvalue weighted by atomic mass is 10.3. The molecule has 0 bridgehead atoms. The molecule has 0 aromatic rings. The highest BCUT2D eigenvalue weighted by Gasteiger charge is 2.23. The number of carbonyl (C=O) groups excluding carboxylic acids is 1. The summed E-state index contributed by atoms with van der Waals surface area (Å²) in [5.74, 6) is 0.0882. The fraction of sp³-hybridized carbons (Fsp3) is 0.889. The first-order valence-corrected chi connectivity index (χ1v) is 4.79. The van der Waals surface area contributed by atoms with Gasteiger partial charge in [-0.2, -0.15) is 0 Å². The van der Waals surface area contributed by atoms with Crippen molar-refractivity contribution in [1.82, 2.24) is 10.2 Å². The van der Waals surface area contributed by atoms with Crippen LogP contribution < -0.4 is 5.32 Å².